The molecule has 4 rings (SSSR count). The molecule has 30 heavy (non-hydrogen) atoms. The van der Waals surface area contributed by atoms with Crippen molar-refractivity contribution in [2.24, 2.45) is 0 Å². The Bertz CT molecular complexity index is 1000. The van der Waals surface area contributed by atoms with Gasteiger partial charge in [0.2, 0.25) is 5.91 Å². The van der Waals surface area contributed by atoms with E-state index in [1.54, 1.807) is 12.3 Å². The third-order valence-electron chi connectivity index (χ3n) is 6.06. The quantitative estimate of drug-likeness (QED) is 0.553. The number of rotatable bonds is 5. The second-order valence-corrected chi connectivity index (χ2v) is 7.96. The lowest BCUT2D eigenvalue weighted by atomic mass is 9.89. The molecule has 1 N–H and O–H groups in total. The molecule has 158 valence electrons. The summed E-state index contributed by atoms with van der Waals surface area (Å²) < 4.78 is 39.5. The number of hydrogen-bond donors (Lipinski definition) is 1. The van der Waals surface area contributed by atoms with Gasteiger partial charge in [-0.2, -0.15) is 13.2 Å². The number of fused-ring (bicyclic) bond motifs is 1. The number of aromatic nitrogens is 1. The average molecular weight is 414 g/mol. The molecule has 0 unspecified atom stereocenters. The molecule has 0 radical (unpaired) electrons. The number of H-pyrrole nitrogens is 1. The Morgan fingerprint density at radius 2 is 1.77 bits per heavy atom. The summed E-state index contributed by atoms with van der Waals surface area (Å²) >= 11 is 0. The van der Waals surface area contributed by atoms with Crippen molar-refractivity contribution in [2.45, 2.75) is 44.2 Å². The third-order valence-corrected chi connectivity index (χ3v) is 6.06. The highest BCUT2D eigenvalue weighted by Gasteiger charge is 2.33. The largest absolute Gasteiger partial charge is 0.418 e. The summed E-state index contributed by atoms with van der Waals surface area (Å²) in [7, 11) is 0. The van der Waals surface area contributed by atoms with Crippen molar-refractivity contribution >= 4 is 16.8 Å². The molecule has 1 aliphatic rings. The molecule has 0 bridgehead atoms. The van der Waals surface area contributed by atoms with Gasteiger partial charge in [-0.25, -0.2) is 0 Å². The van der Waals surface area contributed by atoms with E-state index in [9.17, 15) is 18.0 Å². The third kappa shape index (κ3) is 4.37. The molecule has 0 saturated carbocycles. The number of halogens is 3. The molecular weight excluding hydrogens is 389 g/mol. The van der Waals surface area contributed by atoms with E-state index in [0.717, 1.165) is 37.6 Å². The van der Waals surface area contributed by atoms with Gasteiger partial charge < -0.3 is 9.88 Å². The number of amides is 1. The molecule has 0 aliphatic carbocycles. The highest BCUT2D eigenvalue weighted by atomic mass is 19.4. The summed E-state index contributed by atoms with van der Waals surface area (Å²) in [5.41, 5.74) is 1.63. The lowest BCUT2D eigenvalue weighted by Gasteiger charge is -2.32. The van der Waals surface area contributed by atoms with E-state index in [0.29, 0.717) is 30.6 Å². The Morgan fingerprint density at radius 3 is 2.47 bits per heavy atom. The SMILES string of the molecule is O=C(CCCc1c[nH]c2c(C(F)(F)F)cccc12)N1CCC(c2ccccc2)CC1. The molecule has 1 aromatic heterocycles. The highest BCUT2D eigenvalue weighted by molar-refractivity contribution is 5.86. The summed E-state index contributed by atoms with van der Waals surface area (Å²) in [6, 6.07) is 14.6. The van der Waals surface area contributed by atoms with Crippen LogP contribution >= 0.6 is 0 Å². The van der Waals surface area contributed by atoms with E-state index in [1.165, 1.54) is 11.6 Å². The minimum absolute atomic E-state index is 0.120. The first-order valence-corrected chi connectivity index (χ1v) is 10.4. The Labute approximate surface area is 173 Å². The molecule has 1 fully saturated rings. The second-order valence-electron chi connectivity index (χ2n) is 7.96. The number of carbonyl (C=O) groups excluding carboxylic acids is 1. The molecule has 1 amide bonds. The zero-order valence-electron chi connectivity index (χ0n) is 16.7. The van der Waals surface area contributed by atoms with Crippen molar-refractivity contribution in [3.63, 3.8) is 0 Å². The Morgan fingerprint density at radius 1 is 1.03 bits per heavy atom. The first kappa shape index (κ1) is 20.5. The normalized spacial score (nSPS) is 15.6. The van der Waals surface area contributed by atoms with Gasteiger partial charge in [-0.3, -0.25) is 4.79 Å². The van der Waals surface area contributed by atoms with Crippen LogP contribution in [0.1, 0.15) is 48.3 Å². The zero-order valence-corrected chi connectivity index (χ0v) is 16.7. The number of nitrogens with one attached hydrogen (secondary N) is 1. The first-order valence-electron chi connectivity index (χ1n) is 10.4. The topological polar surface area (TPSA) is 36.1 Å². The van der Waals surface area contributed by atoms with Crippen LogP contribution in [-0.2, 0) is 17.4 Å². The number of carbonyl (C=O) groups is 1. The van der Waals surface area contributed by atoms with Crippen molar-refractivity contribution in [1.29, 1.82) is 0 Å². The second kappa shape index (κ2) is 8.54. The number of benzene rings is 2. The summed E-state index contributed by atoms with van der Waals surface area (Å²) in [4.78, 5) is 17.3. The smallest absolute Gasteiger partial charge is 0.360 e. The molecule has 1 aliphatic heterocycles. The maximum atomic E-state index is 13.2. The number of piperidine rings is 1. The van der Waals surface area contributed by atoms with Crippen LogP contribution in [0.2, 0.25) is 0 Å². The van der Waals surface area contributed by atoms with Gasteiger partial charge in [-0.05, 0) is 48.8 Å². The van der Waals surface area contributed by atoms with Crippen molar-refractivity contribution in [2.75, 3.05) is 13.1 Å². The summed E-state index contributed by atoms with van der Waals surface area (Å²) in [6.45, 7) is 1.53. The van der Waals surface area contributed by atoms with Crippen molar-refractivity contribution in [3.8, 4) is 0 Å². The molecule has 1 saturated heterocycles. The minimum Gasteiger partial charge on any atom is -0.360 e. The van der Waals surface area contributed by atoms with Crippen LogP contribution in [0.15, 0.2) is 54.7 Å². The lowest BCUT2D eigenvalue weighted by Crippen LogP contribution is -2.37. The van der Waals surface area contributed by atoms with Gasteiger partial charge in [-0.1, -0.05) is 42.5 Å². The molecule has 2 aromatic carbocycles. The Kier molecular flexibility index (Phi) is 5.84. The fourth-order valence-corrected chi connectivity index (χ4v) is 4.43. The molecular formula is C24H25F3N2O. The Hall–Kier alpha value is -2.76. The minimum atomic E-state index is -4.39. The van der Waals surface area contributed by atoms with E-state index in [4.69, 9.17) is 0 Å². The predicted octanol–water partition coefficient (Wildman–Crippen LogP) is 5.92. The number of para-hydroxylation sites is 1. The van der Waals surface area contributed by atoms with Crippen LogP contribution in [0, 0.1) is 0 Å². The van der Waals surface area contributed by atoms with E-state index in [2.05, 4.69) is 29.2 Å². The number of nitrogens with zero attached hydrogens (tertiary/aromatic N) is 1. The molecule has 0 atom stereocenters. The first-order chi connectivity index (χ1) is 14.4. The molecule has 3 nitrogen and oxygen atoms in total. The summed E-state index contributed by atoms with van der Waals surface area (Å²) in [6.07, 6.45) is 0.811. The monoisotopic (exact) mass is 414 g/mol. The fourth-order valence-electron chi connectivity index (χ4n) is 4.43. The maximum absolute atomic E-state index is 13.2. The van der Waals surface area contributed by atoms with Gasteiger partial charge in [0.05, 0.1) is 11.1 Å². The van der Waals surface area contributed by atoms with Gasteiger partial charge in [0, 0.05) is 31.1 Å². The van der Waals surface area contributed by atoms with E-state index in [-0.39, 0.29) is 11.4 Å². The van der Waals surface area contributed by atoms with Gasteiger partial charge in [0.25, 0.3) is 0 Å². The number of hydrogen-bond acceptors (Lipinski definition) is 1. The van der Waals surface area contributed by atoms with Crippen LogP contribution in [-0.4, -0.2) is 28.9 Å². The number of likely N-dealkylation sites (tertiary alicyclic amines) is 1. The molecule has 6 heteroatoms. The number of aromatic amines is 1. The molecule has 0 spiro atoms. The number of aryl methyl sites for hydroxylation is 1. The standard InChI is InChI=1S/C24H25F3N2O/c25-24(26,27)21-10-5-9-20-19(16-28-23(20)21)8-4-11-22(30)29-14-12-18(13-15-29)17-6-2-1-3-7-17/h1-3,5-7,9-10,16,18,28H,4,8,11-15H2. The number of alkyl halides is 3. The van der Waals surface area contributed by atoms with Crippen LogP contribution in [0.3, 0.4) is 0 Å². The fraction of sp³-hybridized carbons (Fsp3) is 0.375. The van der Waals surface area contributed by atoms with Crippen LogP contribution in [0.25, 0.3) is 10.9 Å². The zero-order chi connectivity index (χ0) is 21.1. The van der Waals surface area contributed by atoms with Gasteiger partial charge in [0.1, 0.15) is 0 Å². The Balaban J connectivity index is 1.30. The van der Waals surface area contributed by atoms with E-state index in [1.807, 2.05) is 11.0 Å². The lowest BCUT2D eigenvalue weighted by molar-refractivity contribution is -0.136. The van der Waals surface area contributed by atoms with Crippen molar-refractivity contribution < 1.29 is 18.0 Å². The predicted molar refractivity (Wildman–Crippen MR) is 111 cm³/mol. The van der Waals surface area contributed by atoms with E-state index >= 15 is 0 Å². The van der Waals surface area contributed by atoms with Crippen LogP contribution in [0.5, 0.6) is 0 Å². The van der Waals surface area contributed by atoms with Gasteiger partial charge in [-0.15, -0.1) is 0 Å². The van der Waals surface area contributed by atoms with E-state index < -0.39 is 11.7 Å². The average Bonchev–Trinajstić information content (AvgIpc) is 3.17. The van der Waals surface area contributed by atoms with Gasteiger partial charge in [0.15, 0.2) is 0 Å². The van der Waals surface area contributed by atoms with Crippen LogP contribution < -0.4 is 0 Å². The van der Waals surface area contributed by atoms with Crippen molar-refractivity contribution in [1.82, 2.24) is 9.88 Å². The maximum Gasteiger partial charge on any atom is 0.418 e. The summed E-state index contributed by atoms with van der Waals surface area (Å²) in [5.74, 6) is 0.640. The van der Waals surface area contributed by atoms with Crippen LogP contribution in [0.4, 0.5) is 13.2 Å². The highest BCUT2D eigenvalue weighted by Crippen LogP contribution is 2.35. The molecule has 3 aromatic rings. The summed E-state index contributed by atoms with van der Waals surface area (Å²) in [5, 5.41) is 0.584. The molecule has 2 heterocycles. The van der Waals surface area contributed by atoms with Crippen molar-refractivity contribution in [3.05, 3.63) is 71.4 Å². The van der Waals surface area contributed by atoms with Gasteiger partial charge >= 0.3 is 6.18 Å².